The summed E-state index contributed by atoms with van der Waals surface area (Å²) in [6.07, 6.45) is 10.7. The largest absolute Gasteiger partial charge is 0.351 e. The highest BCUT2D eigenvalue weighted by molar-refractivity contribution is 7.12. The summed E-state index contributed by atoms with van der Waals surface area (Å²) >= 11 is 1.42. The summed E-state index contributed by atoms with van der Waals surface area (Å²) < 4.78 is 1.53. The summed E-state index contributed by atoms with van der Waals surface area (Å²) in [7, 11) is 0. The summed E-state index contributed by atoms with van der Waals surface area (Å²) in [4.78, 5) is 23.7. The zero-order chi connectivity index (χ0) is 19.3. The van der Waals surface area contributed by atoms with Gasteiger partial charge in [-0.25, -0.2) is 0 Å². The number of rotatable bonds is 6. The van der Waals surface area contributed by atoms with Crippen molar-refractivity contribution in [3.05, 3.63) is 44.4 Å². The molecule has 7 nitrogen and oxygen atoms in total. The van der Waals surface area contributed by atoms with Gasteiger partial charge >= 0.3 is 5.69 Å². The van der Waals surface area contributed by atoms with Crippen LogP contribution in [0.5, 0.6) is 0 Å². The van der Waals surface area contributed by atoms with Gasteiger partial charge in [-0.05, 0) is 78.7 Å². The molecule has 0 unspecified atom stereocenters. The lowest BCUT2D eigenvalue weighted by atomic mass is 9.49. The smallest absolute Gasteiger partial charge is 0.307 e. The standard InChI is InChI=1S/C20H24N4O3S/c25-19(21-12-20-5-13-1-14(6-20)3-15(2-13)7-20)18-4-16(11-28-18)9-23-10-17(8-22-23)24(26)27/h4,8,10-11,13-15H,1-3,5-7,9,12H2,(H,21,25). The van der Waals surface area contributed by atoms with Gasteiger partial charge in [0.2, 0.25) is 0 Å². The lowest BCUT2D eigenvalue weighted by Crippen LogP contribution is -2.51. The van der Waals surface area contributed by atoms with Gasteiger partial charge in [0.1, 0.15) is 12.4 Å². The lowest BCUT2D eigenvalue weighted by molar-refractivity contribution is -0.385. The van der Waals surface area contributed by atoms with Crippen LogP contribution < -0.4 is 5.32 Å². The van der Waals surface area contributed by atoms with Gasteiger partial charge in [-0.3, -0.25) is 19.6 Å². The first-order chi connectivity index (χ1) is 13.5. The van der Waals surface area contributed by atoms with Crippen molar-refractivity contribution < 1.29 is 9.72 Å². The van der Waals surface area contributed by atoms with Crippen molar-refractivity contribution in [3.63, 3.8) is 0 Å². The van der Waals surface area contributed by atoms with Gasteiger partial charge in [0.15, 0.2) is 0 Å². The Labute approximate surface area is 167 Å². The fraction of sp³-hybridized carbons (Fsp3) is 0.600. The SMILES string of the molecule is O=C(NCC12CC3CC(CC(C3)C1)C2)c1cc(Cn2cc([N+](=O)[O-])cn2)cs1. The molecule has 0 aromatic carbocycles. The lowest BCUT2D eigenvalue weighted by Gasteiger charge is -2.56. The van der Waals surface area contributed by atoms with Gasteiger partial charge in [0.05, 0.1) is 16.3 Å². The van der Waals surface area contributed by atoms with Crippen LogP contribution in [0.4, 0.5) is 5.69 Å². The molecule has 1 N–H and O–H groups in total. The van der Waals surface area contributed by atoms with Crippen molar-refractivity contribution in [2.75, 3.05) is 6.54 Å². The molecule has 4 fully saturated rings. The van der Waals surface area contributed by atoms with Crippen LogP contribution in [0, 0.1) is 33.3 Å². The van der Waals surface area contributed by atoms with E-state index in [-0.39, 0.29) is 11.6 Å². The Morgan fingerprint density at radius 3 is 2.57 bits per heavy atom. The normalized spacial score (nSPS) is 30.5. The topological polar surface area (TPSA) is 90.1 Å². The van der Waals surface area contributed by atoms with E-state index in [9.17, 15) is 14.9 Å². The van der Waals surface area contributed by atoms with Crippen LogP contribution in [0.3, 0.4) is 0 Å². The third-order valence-electron chi connectivity index (χ3n) is 6.84. The molecule has 4 aliphatic carbocycles. The molecule has 4 saturated carbocycles. The molecule has 0 aliphatic heterocycles. The predicted octanol–water partition coefficient (Wildman–Crippen LogP) is 3.85. The van der Waals surface area contributed by atoms with E-state index in [4.69, 9.17) is 0 Å². The maximum atomic E-state index is 12.7. The zero-order valence-electron chi connectivity index (χ0n) is 15.7. The number of hydrogen-bond donors (Lipinski definition) is 1. The Morgan fingerprint density at radius 2 is 1.96 bits per heavy atom. The third-order valence-corrected chi connectivity index (χ3v) is 7.82. The second kappa shape index (κ2) is 6.69. The first kappa shape index (κ1) is 17.8. The van der Waals surface area contributed by atoms with Gasteiger partial charge in [-0.15, -0.1) is 11.3 Å². The number of carbonyl (C=O) groups excluding carboxylic acids is 1. The van der Waals surface area contributed by atoms with Crippen LogP contribution >= 0.6 is 11.3 Å². The van der Waals surface area contributed by atoms with E-state index in [1.54, 1.807) is 0 Å². The Bertz CT molecular complexity index is 883. The minimum Gasteiger partial charge on any atom is -0.351 e. The second-order valence-corrected chi connectivity index (χ2v) is 9.98. The Morgan fingerprint density at radius 1 is 1.29 bits per heavy atom. The second-order valence-electron chi connectivity index (χ2n) is 9.07. The molecule has 2 aromatic rings. The molecule has 148 valence electrons. The van der Waals surface area contributed by atoms with Crippen molar-refractivity contribution in [1.82, 2.24) is 15.1 Å². The maximum Gasteiger partial charge on any atom is 0.307 e. The molecule has 4 aliphatic rings. The van der Waals surface area contributed by atoms with Crippen LogP contribution in [-0.2, 0) is 6.54 Å². The van der Waals surface area contributed by atoms with E-state index in [2.05, 4.69) is 10.4 Å². The highest BCUT2D eigenvalue weighted by atomic mass is 32.1. The van der Waals surface area contributed by atoms with Crippen LogP contribution in [0.25, 0.3) is 0 Å². The molecule has 0 spiro atoms. The van der Waals surface area contributed by atoms with Crippen LogP contribution in [0.15, 0.2) is 23.8 Å². The maximum absolute atomic E-state index is 12.7. The minimum absolute atomic E-state index is 0.00144. The summed E-state index contributed by atoms with van der Waals surface area (Å²) in [6, 6.07) is 1.87. The van der Waals surface area contributed by atoms with Gasteiger partial charge in [0, 0.05) is 6.54 Å². The predicted molar refractivity (Wildman–Crippen MR) is 105 cm³/mol. The molecule has 1 amide bonds. The number of hydrogen-bond acceptors (Lipinski definition) is 5. The minimum atomic E-state index is -0.458. The Balaban J connectivity index is 1.20. The van der Waals surface area contributed by atoms with E-state index in [1.165, 1.54) is 66.9 Å². The van der Waals surface area contributed by atoms with E-state index < -0.39 is 4.92 Å². The number of aromatic nitrogens is 2. The van der Waals surface area contributed by atoms with Crippen molar-refractivity contribution in [2.24, 2.45) is 23.2 Å². The summed E-state index contributed by atoms with van der Waals surface area (Å²) in [6.45, 7) is 1.22. The number of nitro groups is 1. The molecule has 28 heavy (non-hydrogen) atoms. The fourth-order valence-corrected chi connectivity index (χ4v) is 6.98. The number of carbonyl (C=O) groups is 1. The fourth-order valence-electron chi connectivity index (χ4n) is 6.16. The van der Waals surface area contributed by atoms with Crippen molar-refractivity contribution in [2.45, 2.75) is 45.1 Å². The summed E-state index contributed by atoms with van der Waals surface area (Å²) in [5.74, 6) is 2.65. The van der Waals surface area contributed by atoms with Gasteiger partial charge in [-0.2, -0.15) is 5.10 Å². The molecular weight excluding hydrogens is 376 g/mol. The highest BCUT2D eigenvalue weighted by Gasteiger charge is 2.50. The van der Waals surface area contributed by atoms with Crippen molar-refractivity contribution >= 4 is 22.9 Å². The van der Waals surface area contributed by atoms with Crippen molar-refractivity contribution in [3.8, 4) is 0 Å². The van der Waals surface area contributed by atoms with Gasteiger partial charge < -0.3 is 5.32 Å². The van der Waals surface area contributed by atoms with Crippen molar-refractivity contribution in [1.29, 1.82) is 0 Å². The first-order valence-corrected chi connectivity index (χ1v) is 10.9. The number of amides is 1. The molecule has 6 rings (SSSR count). The Kier molecular flexibility index (Phi) is 4.26. The number of nitrogens with one attached hydrogen (secondary N) is 1. The average molecular weight is 401 g/mol. The third kappa shape index (κ3) is 3.34. The van der Waals surface area contributed by atoms with E-state index in [1.807, 2.05) is 11.4 Å². The Hall–Kier alpha value is -2.22. The van der Waals surface area contributed by atoms with Gasteiger partial charge in [-0.1, -0.05) is 0 Å². The molecule has 8 heteroatoms. The molecule has 0 radical (unpaired) electrons. The number of nitrogens with zero attached hydrogens (tertiary/aromatic N) is 3. The summed E-state index contributed by atoms with van der Waals surface area (Å²) in [5.41, 5.74) is 1.24. The first-order valence-electron chi connectivity index (χ1n) is 10.0. The van der Waals surface area contributed by atoms with E-state index in [0.29, 0.717) is 16.8 Å². The van der Waals surface area contributed by atoms with E-state index >= 15 is 0 Å². The molecule has 4 bridgehead atoms. The number of thiophene rings is 1. The van der Waals surface area contributed by atoms with E-state index in [0.717, 1.165) is 29.9 Å². The molecule has 0 atom stereocenters. The highest BCUT2D eigenvalue weighted by Crippen LogP contribution is 2.59. The van der Waals surface area contributed by atoms with Crippen LogP contribution in [0.1, 0.15) is 53.8 Å². The van der Waals surface area contributed by atoms with Crippen LogP contribution in [-0.4, -0.2) is 27.2 Å². The zero-order valence-corrected chi connectivity index (χ0v) is 16.5. The van der Waals surface area contributed by atoms with Gasteiger partial charge in [0.25, 0.3) is 5.91 Å². The molecule has 2 aromatic heterocycles. The molecular formula is C20H24N4O3S. The average Bonchev–Trinajstić information content (AvgIpc) is 3.29. The van der Waals surface area contributed by atoms with Crippen LogP contribution in [0.2, 0.25) is 0 Å². The quantitative estimate of drug-likeness (QED) is 0.589. The summed E-state index contributed by atoms with van der Waals surface area (Å²) in [5, 5.41) is 19.9. The molecule has 2 heterocycles. The molecule has 0 saturated heterocycles. The monoisotopic (exact) mass is 400 g/mol.